The first-order chi connectivity index (χ1) is 8.26. The van der Waals surface area contributed by atoms with Crippen LogP contribution in [-0.4, -0.2) is 19.1 Å². The molecule has 1 heterocycles. The summed E-state index contributed by atoms with van der Waals surface area (Å²) in [6.45, 7) is 4.51. The van der Waals surface area contributed by atoms with E-state index in [1.807, 2.05) is 19.3 Å². The summed E-state index contributed by atoms with van der Waals surface area (Å²) in [6.07, 6.45) is 7.20. The minimum Gasteiger partial charge on any atom is -0.495 e. The molecule has 0 aliphatic heterocycles. The van der Waals surface area contributed by atoms with E-state index in [0.717, 1.165) is 18.1 Å². The van der Waals surface area contributed by atoms with Gasteiger partial charge in [0.25, 0.3) is 0 Å². The lowest BCUT2D eigenvalue weighted by Gasteiger charge is -2.23. The van der Waals surface area contributed by atoms with Gasteiger partial charge in [0.15, 0.2) is 0 Å². The van der Waals surface area contributed by atoms with E-state index in [-0.39, 0.29) is 0 Å². The average molecular weight is 236 g/mol. The van der Waals surface area contributed by atoms with Gasteiger partial charge in [-0.25, -0.2) is 0 Å². The number of hydrogen-bond acceptors (Lipinski definition) is 3. The van der Waals surface area contributed by atoms with Crippen molar-refractivity contribution in [2.45, 2.75) is 39.2 Å². The second-order valence-corrected chi connectivity index (χ2v) is 4.38. The maximum absolute atomic E-state index is 5.37. The van der Waals surface area contributed by atoms with E-state index in [1.165, 1.54) is 18.4 Å². The van der Waals surface area contributed by atoms with Gasteiger partial charge in [-0.1, -0.05) is 26.7 Å². The van der Waals surface area contributed by atoms with Gasteiger partial charge in [0.1, 0.15) is 5.75 Å². The van der Waals surface area contributed by atoms with Crippen molar-refractivity contribution in [3.05, 3.63) is 24.0 Å². The Morgan fingerprint density at radius 3 is 2.59 bits per heavy atom. The van der Waals surface area contributed by atoms with Gasteiger partial charge >= 0.3 is 0 Å². The van der Waals surface area contributed by atoms with Gasteiger partial charge in [-0.05, 0) is 25.5 Å². The van der Waals surface area contributed by atoms with Crippen molar-refractivity contribution in [1.29, 1.82) is 0 Å². The molecule has 0 saturated carbocycles. The first-order valence-electron chi connectivity index (χ1n) is 6.41. The molecule has 1 atom stereocenters. The second-order valence-electron chi connectivity index (χ2n) is 4.38. The second kappa shape index (κ2) is 7.28. The largest absolute Gasteiger partial charge is 0.495 e. The Kier molecular flexibility index (Phi) is 5.98. The van der Waals surface area contributed by atoms with Gasteiger partial charge < -0.3 is 10.1 Å². The van der Waals surface area contributed by atoms with Gasteiger partial charge in [0, 0.05) is 17.8 Å². The van der Waals surface area contributed by atoms with E-state index in [0.29, 0.717) is 6.04 Å². The normalized spacial score (nSPS) is 12.8. The van der Waals surface area contributed by atoms with E-state index in [9.17, 15) is 0 Å². The van der Waals surface area contributed by atoms with E-state index >= 15 is 0 Å². The number of rotatable bonds is 7. The van der Waals surface area contributed by atoms with Crippen molar-refractivity contribution in [2.24, 2.45) is 5.92 Å². The molecule has 17 heavy (non-hydrogen) atoms. The minimum absolute atomic E-state index is 0.345. The SMILES string of the molecule is CCC(CC)CC(NC)c1ccncc1OC. The minimum atomic E-state index is 0.345. The number of ether oxygens (including phenoxy) is 1. The van der Waals surface area contributed by atoms with Crippen LogP contribution in [0.3, 0.4) is 0 Å². The first kappa shape index (κ1) is 14.0. The molecule has 1 rings (SSSR count). The molecule has 1 aromatic heterocycles. The molecule has 0 aliphatic carbocycles. The summed E-state index contributed by atoms with van der Waals surface area (Å²) < 4.78 is 5.37. The van der Waals surface area contributed by atoms with Crippen LogP contribution in [-0.2, 0) is 0 Å². The summed E-state index contributed by atoms with van der Waals surface area (Å²) >= 11 is 0. The van der Waals surface area contributed by atoms with Crippen LogP contribution in [0.5, 0.6) is 5.75 Å². The highest BCUT2D eigenvalue weighted by Crippen LogP contribution is 2.30. The van der Waals surface area contributed by atoms with E-state index in [1.54, 1.807) is 13.3 Å². The van der Waals surface area contributed by atoms with E-state index in [2.05, 4.69) is 24.1 Å². The molecule has 1 unspecified atom stereocenters. The summed E-state index contributed by atoms with van der Waals surface area (Å²) in [5, 5.41) is 3.38. The zero-order chi connectivity index (χ0) is 12.7. The standard InChI is InChI=1S/C14H24N2O/c1-5-11(6-2)9-13(15-3)12-7-8-16-10-14(12)17-4/h7-8,10-11,13,15H,5-6,9H2,1-4H3. The number of nitrogens with zero attached hydrogens (tertiary/aromatic N) is 1. The van der Waals surface area contributed by atoms with Crippen molar-refractivity contribution < 1.29 is 4.74 Å². The third-order valence-electron chi connectivity index (χ3n) is 3.48. The zero-order valence-electron chi connectivity index (χ0n) is 11.4. The van der Waals surface area contributed by atoms with E-state index in [4.69, 9.17) is 4.74 Å². The number of aromatic nitrogens is 1. The lowest BCUT2D eigenvalue weighted by molar-refractivity contribution is 0.363. The van der Waals surface area contributed by atoms with Crippen LogP contribution >= 0.6 is 0 Å². The lowest BCUT2D eigenvalue weighted by atomic mass is 9.91. The molecule has 3 heteroatoms. The molecule has 3 nitrogen and oxygen atoms in total. The first-order valence-corrected chi connectivity index (χ1v) is 6.41. The molecule has 0 bridgehead atoms. The monoisotopic (exact) mass is 236 g/mol. The number of hydrogen-bond donors (Lipinski definition) is 1. The van der Waals surface area contributed by atoms with Crippen LogP contribution in [0.1, 0.15) is 44.7 Å². The fourth-order valence-corrected chi connectivity index (χ4v) is 2.20. The van der Waals surface area contributed by atoms with Gasteiger partial charge in [-0.15, -0.1) is 0 Å². The maximum atomic E-state index is 5.37. The Morgan fingerprint density at radius 1 is 1.35 bits per heavy atom. The van der Waals surface area contributed by atoms with Crippen LogP contribution in [0, 0.1) is 5.92 Å². The number of nitrogens with one attached hydrogen (secondary N) is 1. The highest BCUT2D eigenvalue weighted by Gasteiger charge is 2.17. The lowest BCUT2D eigenvalue weighted by Crippen LogP contribution is -2.20. The summed E-state index contributed by atoms with van der Waals surface area (Å²) in [5.41, 5.74) is 1.21. The van der Waals surface area contributed by atoms with Crippen molar-refractivity contribution in [1.82, 2.24) is 10.3 Å². The molecule has 0 aliphatic rings. The Hall–Kier alpha value is -1.09. The highest BCUT2D eigenvalue weighted by atomic mass is 16.5. The summed E-state index contributed by atoms with van der Waals surface area (Å²) in [6, 6.07) is 2.39. The maximum Gasteiger partial charge on any atom is 0.141 e. The van der Waals surface area contributed by atoms with Gasteiger partial charge in [-0.3, -0.25) is 4.98 Å². The summed E-state index contributed by atoms with van der Waals surface area (Å²) in [4.78, 5) is 4.10. The summed E-state index contributed by atoms with van der Waals surface area (Å²) in [7, 11) is 3.71. The smallest absolute Gasteiger partial charge is 0.141 e. The van der Waals surface area contributed by atoms with Crippen molar-refractivity contribution in [2.75, 3.05) is 14.2 Å². The Morgan fingerprint density at radius 2 is 2.06 bits per heavy atom. The van der Waals surface area contributed by atoms with Crippen LogP contribution in [0.15, 0.2) is 18.5 Å². The fraction of sp³-hybridized carbons (Fsp3) is 0.643. The molecule has 96 valence electrons. The van der Waals surface area contributed by atoms with Crippen LogP contribution < -0.4 is 10.1 Å². The molecule has 0 fully saturated rings. The van der Waals surface area contributed by atoms with Crippen molar-refractivity contribution in [3.63, 3.8) is 0 Å². The van der Waals surface area contributed by atoms with Gasteiger partial charge in [-0.2, -0.15) is 0 Å². The third-order valence-corrected chi connectivity index (χ3v) is 3.48. The summed E-state index contributed by atoms with van der Waals surface area (Å²) in [5.74, 6) is 1.63. The molecule has 0 aromatic carbocycles. The molecular weight excluding hydrogens is 212 g/mol. The average Bonchev–Trinajstić information content (AvgIpc) is 2.40. The Labute approximate surface area is 105 Å². The molecular formula is C14H24N2O. The molecule has 0 radical (unpaired) electrons. The zero-order valence-corrected chi connectivity index (χ0v) is 11.4. The predicted molar refractivity (Wildman–Crippen MR) is 71.3 cm³/mol. The van der Waals surface area contributed by atoms with Crippen molar-refractivity contribution >= 4 is 0 Å². The number of methoxy groups -OCH3 is 1. The van der Waals surface area contributed by atoms with Crippen LogP contribution in [0.2, 0.25) is 0 Å². The fourth-order valence-electron chi connectivity index (χ4n) is 2.20. The molecule has 0 spiro atoms. The molecule has 0 saturated heterocycles. The molecule has 0 amide bonds. The van der Waals surface area contributed by atoms with Crippen LogP contribution in [0.25, 0.3) is 0 Å². The Balaban J connectivity index is 2.85. The predicted octanol–water partition coefficient (Wildman–Crippen LogP) is 3.18. The van der Waals surface area contributed by atoms with E-state index < -0.39 is 0 Å². The van der Waals surface area contributed by atoms with Gasteiger partial charge in [0.2, 0.25) is 0 Å². The third kappa shape index (κ3) is 3.70. The van der Waals surface area contributed by atoms with Crippen molar-refractivity contribution in [3.8, 4) is 5.75 Å². The van der Waals surface area contributed by atoms with Gasteiger partial charge in [0.05, 0.1) is 13.3 Å². The van der Waals surface area contributed by atoms with Crippen LogP contribution in [0.4, 0.5) is 0 Å². The molecule has 1 N–H and O–H groups in total. The quantitative estimate of drug-likeness (QED) is 0.789. The topological polar surface area (TPSA) is 34.2 Å². The number of pyridine rings is 1. The highest BCUT2D eigenvalue weighted by molar-refractivity contribution is 5.32. The Bertz CT molecular complexity index is 324. The molecule has 1 aromatic rings.